The number of benzene rings is 1. The highest BCUT2D eigenvalue weighted by atomic mass is 16.5. The number of fused-ring (bicyclic) bond motifs is 1. The van der Waals surface area contributed by atoms with E-state index in [0.29, 0.717) is 24.3 Å². The van der Waals surface area contributed by atoms with Gasteiger partial charge in [0.15, 0.2) is 5.82 Å². The molecule has 1 aromatic carbocycles. The van der Waals surface area contributed by atoms with Crippen molar-refractivity contribution in [1.82, 2.24) is 15.3 Å². The summed E-state index contributed by atoms with van der Waals surface area (Å²) in [7, 11) is 0. The molecule has 1 aromatic heterocycles. The van der Waals surface area contributed by atoms with Gasteiger partial charge in [-0.25, -0.2) is 9.97 Å². The van der Waals surface area contributed by atoms with E-state index in [1.165, 1.54) is 19.3 Å². The van der Waals surface area contributed by atoms with Gasteiger partial charge in [-0.15, -0.1) is 0 Å². The number of nitrogens with zero attached hydrogens (tertiary/aromatic N) is 2. The zero-order valence-corrected chi connectivity index (χ0v) is 11.5. The molecule has 0 unspecified atom stereocenters. The lowest BCUT2D eigenvalue weighted by molar-refractivity contribution is 0.262. The van der Waals surface area contributed by atoms with E-state index in [2.05, 4.69) is 15.3 Å². The van der Waals surface area contributed by atoms with Crippen molar-refractivity contribution in [2.45, 2.75) is 31.7 Å². The summed E-state index contributed by atoms with van der Waals surface area (Å²) in [6.07, 6.45) is 4.78. The van der Waals surface area contributed by atoms with E-state index in [0.717, 1.165) is 24.0 Å². The molecule has 1 atom stereocenters. The van der Waals surface area contributed by atoms with Crippen LogP contribution in [0.15, 0.2) is 24.3 Å². The Balaban J connectivity index is 1.63. The van der Waals surface area contributed by atoms with Gasteiger partial charge in [-0.1, -0.05) is 18.6 Å². The first-order valence-electron chi connectivity index (χ1n) is 7.21. The second-order valence-electron chi connectivity index (χ2n) is 5.19. The Labute approximate surface area is 118 Å². The van der Waals surface area contributed by atoms with Crippen LogP contribution in [0.3, 0.4) is 0 Å². The molecule has 5 nitrogen and oxygen atoms in total. The standard InChI is InChI=1S/C15H20N4O/c16-14-15(19-13-7-2-1-6-12(13)18-14)20-10-8-11-5-3-4-9-17-11/h1-2,6-7,11,17H,3-5,8-10H2,(H2,16,18)/t11-/m1/s1. The zero-order chi connectivity index (χ0) is 13.8. The third kappa shape index (κ3) is 2.99. The van der Waals surface area contributed by atoms with E-state index in [1.807, 2.05) is 24.3 Å². The molecule has 0 bridgehead atoms. The van der Waals surface area contributed by atoms with Gasteiger partial charge in [0.1, 0.15) is 0 Å². The molecular weight excluding hydrogens is 252 g/mol. The summed E-state index contributed by atoms with van der Waals surface area (Å²) in [6.45, 7) is 1.73. The lowest BCUT2D eigenvalue weighted by atomic mass is 10.0. The Morgan fingerprint density at radius 3 is 2.75 bits per heavy atom. The normalized spacial score (nSPS) is 19.1. The first kappa shape index (κ1) is 13.1. The van der Waals surface area contributed by atoms with Gasteiger partial charge in [-0.05, 0) is 37.9 Å². The van der Waals surface area contributed by atoms with Crippen LogP contribution in [0.4, 0.5) is 5.82 Å². The average molecular weight is 272 g/mol. The largest absolute Gasteiger partial charge is 0.475 e. The van der Waals surface area contributed by atoms with Crippen LogP contribution in [0.2, 0.25) is 0 Å². The Hall–Kier alpha value is -1.88. The second kappa shape index (κ2) is 6.05. The summed E-state index contributed by atoms with van der Waals surface area (Å²) in [4.78, 5) is 8.74. The van der Waals surface area contributed by atoms with Gasteiger partial charge in [0.2, 0.25) is 0 Å². The summed E-state index contributed by atoms with van der Waals surface area (Å²) >= 11 is 0. The topological polar surface area (TPSA) is 73.1 Å². The SMILES string of the molecule is Nc1nc2ccccc2nc1OCC[C@H]1CCCCN1. The van der Waals surface area contributed by atoms with E-state index >= 15 is 0 Å². The monoisotopic (exact) mass is 272 g/mol. The summed E-state index contributed by atoms with van der Waals surface area (Å²) < 4.78 is 5.71. The first-order valence-corrected chi connectivity index (χ1v) is 7.21. The quantitative estimate of drug-likeness (QED) is 0.892. The fourth-order valence-corrected chi connectivity index (χ4v) is 2.57. The molecule has 5 heteroatoms. The summed E-state index contributed by atoms with van der Waals surface area (Å²) in [5.41, 5.74) is 7.50. The maximum Gasteiger partial charge on any atom is 0.257 e. The fourth-order valence-electron chi connectivity index (χ4n) is 2.57. The summed E-state index contributed by atoms with van der Waals surface area (Å²) in [5.74, 6) is 0.805. The van der Waals surface area contributed by atoms with Crippen LogP contribution in [0, 0.1) is 0 Å². The van der Waals surface area contributed by atoms with Crippen LogP contribution in [0.5, 0.6) is 5.88 Å². The minimum atomic E-state index is 0.361. The number of hydrogen-bond donors (Lipinski definition) is 2. The van der Waals surface area contributed by atoms with Gasteiger partial charge >= 0.3 is 0 Å². The first-order chi connectivity index (χ1) is 9.83. The number of rotatable bonds is 4. The molecule has 0 aliphatic carbocycles. The third-order valence-corrected chi connectivity index (χ3v) is 3.68. The van der Waals surface area contributed by atoms with Crippen LogP contribution >= 0.6 is 0 Å². The van der Waals surface area contributed by atoms with Crippen LogP contribution < -0.4 is 15.8 Å². The van der Waals surface area contributed by atoms with Crippen LogP contribution in [0.25, 0.3) is 11.0 Å². The minimum Gasteiger partial charge on any atom is -0.475 e. The van der Waals surface area contributed by atoms with Crippen LogP contribution in [-0.2, 0) is 0 Å². The molecule has 2 heterocycles. The number of ether oxygens (including phenoxy) is 1. The van der Waals surface area contributed by atoms with E-state index < -0.39 is 0 Å². The summed E-state index contributed by atoms with van der Waals surface area (Å²) in [5, 5.41) is 3.50. The Morgan fingerprint density at radius 2 is 2.00 bits per heavy atom. The number of para-hydroxylation sites is 2. The van der Waals surface area contributed by atoms with Crippen molar-refractivity contribution in [3.8, 4) is 5.88 Å². The number of piperidine rings is 1. The molecular formula is C15H20N4O. The molecule has 1 fully saturated rings. The number of hydrogen-bond acceptors (Lipinski definition) is 5. The van der Waals surface area contributed by atoms with Gasteiger partial charge in [-0.3, -0.25) is 0 Å². The molecule has 3 N–H and O–H groups in total. The van der Waals surface area contributed by atoms with Crippen molar-refractivity contribution in [2.75, 3.05) is 18.9 Å². The van der Waals surface area contributed by atoms with Crippen molar-refractivity contribution >= 4 is 16.9 Å². The smallest absolute Gasteiger partial charge is 0.257 e. The maximum absolute atomic E-state index is 5.89. The van der Waals surface area contributed by atoms with E-state index in [9.17, 15) is 0 Å². The number of nitrogens with two attached hydrogens (primary N) is 1. The predicted molar refractivity (Wildman–Crippen MR) is 79.7 cm³/mol. The Bertz CT molecular complexity index is 581. The number of aromatic nitrogens is 2. The summed E-state index contributed by atoms with van der Waals surface area (Å²) in [6, 6.07) is 8.22. The van der Waals surface area contributed by atoms with Crippen molar-refractivity contribution < 1.29 is 4.74 Å². The maximum atomic E-state index is 5.89. The van der Waals surface area contributed by atoms with Gasteiger partial charge in [0.25, 0.3) is 5.88 Å². The molecule has 0 saturated carbocycles. The molecule has 0 radical (unpaired) electrons. The van der Waals surface area contributed by atoms with Gasteiger partial charge in [0.05, 0.1) is 17.6 Å². The Kier molecular flexibility index (Phi) is 3.97. The van der Waals surface area contributed by atoms with Crippen LogP contribution in [-0.4, -0.2) is 29.2 Å². The van der Waals surface area contributed by atoms with Gasteiger partial charge < -0.3 is 15.8 Å². The molecule has 1 saturated heterocycles. The van der Waals surface area contributed by atoms with Crippen LogP contribution in [0.1, 0.15) is 25.7 Å². The third-order valence-electron chi connectivity index (χ3n) is 3.68. The molecule has 2 aromatic rings. The number of nitrogens with one attached hydrogen (secondary N) is 1. The molecule has 3 rings (SSSR count). The zero-order valence-electron chi connectivity index (χ0n) is 11.5. The van der Waals surface area contributed by atoms with E-state index in [-0.39, 0.29) is 0 Å². The molecule has 20 heavy (non-hydrogen) atoms. The average Bonchev–Trinajstić information content (AvgIpc) is 2.49. The molecule has 1 aliphatic rings. The Morgan fingerprint density at radius 1 is 1.20 bits per heavy atom. The highest BCUT2D eigenvalue weighted by Crippen LogP contribution is 2.21. The fraction of sp³-hybridized carbons (Fsp3) is 0.467. The second-order valence-corrected chi connectivity index (χ2v) is 5.19. The lowest BCUT2D eigenvalue weighted by Crippen LogP contribution is -2.35. The van der Waals surface area contributed by atoms with Crippen molar-refractivity contribution in [2.24, 2.45) is 0 Å². The molecule has 0 spiro atoms. The molecule has 0 amide bonds. The van der Waals surface area contributed by atoms with Crippen molar-refractivity contribution in [3.05, 3.63) is 24.3 Å². The number of nitrogen functional groups attached to an aromatic ring is 1. The highest BCUT2D eigenvalue weighted by molar-refractivity contribution is 5.76. The predicted octanol–water partition coefficient (Wildman–Crippen LogP) is 2.12. The number of anilines is 1. The van der Waals surface area contributed by atoms with Gasteiger partial charge in [0, 0.05) is 6.04 Å². The highest BCUT2D eigenvalue weighted by Gasteiger charge is 2.13. The molecule has 106 valence electrons. The molecule has 1 aliphatic heterocycles. The van der Waals surface area contributed by atoms with Crippen molar-refractivity contribution in [1.29, 1.82) is 0 Å². The minimum absolute atomic E-state index is 0.361. The van der Waals surface area contributed by atoms with Gasteiger partial charge in [-0.2, -0.15) is 0 Å². The lowest BCUT2D eigenvalue weighted by Gasteiger charge is -2.23. The van der Waals surface area contributed by atoms with E-state index in [4.69, 9.17) is 10.5 Å². The van der Waals surface area contributed by atoms with E-state index in [1.54, 1.807) is 0 Å². The van der Waals surface area contributed by atoms with Crippen molar-refractivity contribution in [3.63, 3.8) is 0 Å².